The first-order chi connectivity index (χ1) is 12.6. The summed E-state index contributed by atoms with van der Waals surface area (Å²) in [5, 5.41) is -2.59. The number of halogens is 2. The van der Waals surface area contributed by atoms with Gasteiger partial charge in [0.2, 0.25) is 5.28 Å². The largest absolute Gasteiger partial charge is 0.338 e. The quantitative estimate of drug-likeness (QED) is 0.544. The standard InChI is InChI=1S/C13H6B7Cl2N3O2S/c14-11(12(15,16)17,13(18,19)20)28(26,27)8-4-2-1-3-7(8)24-9-6(21)5-23-10(22)25-9/h1-5H,(H,23,24,25). The average Bonchev–Trinajstić information content (AvgIpc) is 2.55. The number of para-hydroxylation sites is 1. The number of hydrogen-bond acceptors (Lipinski definition) is 5. The van der Waals surface area contributed by atoms with Crippen LogP contribution in [-0.2, 0) is 9.84 Å². The van der Waals surface area contributed by atoms with Crippen LogP contribution in [0.25, 0.3) is 0 Å². The van der Waals surface area contributed by atoms with Crippen LogP contribution in [-0.4, -0.2) is 78.0 Å². The fraction of sp³-hybridized carbons (Fsp3) is 0.231. The van der Waals surface area contributed by atoms with E-state index in [9.17, 15) is 8.42 Å². The molecule has 126 valence electrons. The summed E-state index contributed by atoms with van der Waals surface area (Å²) >= 11 is 11.8. The second-order valence-corrected chi connectivity index (χ2v) is 8.90. The lowest BCUT2D eigenvalue weighted by Crippen LogP contribution is -2.60. The Kier molecular flexibility index (Phi) is 6.45. The van der Waals surface area contributed by atoms with Gasteiger partial charge in [0.05, 0.1) is 71.7 Å². The average molecular weight is 415 g/mol. The van der Waals surface area contributed by atoms with Crippen LogP contribution in [0.2, 0.25) is 20.5 Å². The van der Waals surface area contributed by atoms with E-state index in [0.29, 0.717) is 0 Å². The SMILES string of the molecule is [B]C([B])([B])C([B])(C([B])([B])[B])S(=O)(=O)c1ccccc1Nc1nc(Cl)ncc1Cl. The summed E-state index contributed by atoms with van der Waals surface area (Å²) in [4.78, 5) is 7.17. The molecule has 1 N–H and O–H groups in total. The molecule has 28 heavy (non-hydrogen) atoms. The predicted octanol–water partition coefficient (Wildman–Crippen LogP) is 0.324. The molecular formula is C13H6B7Cl2N3O2S. The number of nitrogens with zero attached hydrogens (tertiary/aromatic N) is 2. The molecule has 2 aromatic rings. The van der Waals surface area contributed by atoms with Gasteiger partial charge in [-0.3, -0.25) is 0 Å². The highest BCUT2D eigenvalue weighted by Gasteiger charge is 2.53. The Labute approximate surface area is 183 Å². The van der Waals surface area contributed by atoms with E-state index in [0.717, 1.165) is 0 Å². The minimum atomic E-state index is -4.74. The smallest absolute Gasteiger partial charge is 0.224 e. The highest BCUT2D eigenvalue weighted by molar-refractivity contribution is 7.95. The highest BCUT2D eigenvalue weighted by Crippen LogP contribution is 2.50. The number of hydrogen-bond donors (Lipinski definition) is 1. The lowest BCUT2D eigenvalue weighted by atomic mass is 9.21. The van der Waals surface area contributed by atoms with Crippen molar-refractivity contribution in [3.05, 3.63) is 40.8 Å². The molecule has 0 atom stereocenters. The Morgan fingerprint density at radius 3 is 2.00 bits per heavy atom. The monoisotopic (exact) mass is 415 g/mol. The first-order valence-corrected chi connectivity index (χ1v) is 9.67. The highest BCUT2D eigenvalue weighted by atomic mass is 35.5. The molecule has 0 unspecified atom stereocenters. The van der Waals surface area contributed by atoms with E-state index in [1.54, 1.807) is 0 Å². The lowest BCUT2D eigenvalue weighted by molar-refractivity contribution is 0.566. The second kappa shape index (κ2) is 7.73. The number of sulfone groups is 1. The Hall–Kier alpha value is -0.915. The number of benzene rings is 1. The van der Waals surface area contributed by atoms with Crippen LogP contribution in [0.1, 0.15) is 0 Å². The summed E-state index contributed by atoms with van der Waals surface area (Å²) in [6.45, 7) is 0. The van der Waals surface area contributed by atoms with E-state index in [-0.39, 0.29) is 21.8 Å². The molecule has 2 rings (SSSR count). The molecule has 0 saturated carbocycles. The van der Waals surface area contributed by atoms with Crippen LogP contribution >= 0.6 is 23.2 Å². The predicted molar refractivity (Wildman–Crippen MR) is 117 cm³/mol. The van der Waals surface area contributed by atoms with Crippen molar-refractivity contribution in [2.75, 3.05) is 5.32 Å². The number of anilines is 2. The van der Waals surface area contributed by atoms with Gasteiger partial charge in [-0.1, -0.05) is 23.7 Å². The summed E-state index contributed by atoms with van der Waals surface area (Å²) in [6.07, 6.45) is 1.22. The summed E-state index contributed by atoms with van der Waals surface area (Å²) in [6, 6.07) is 5.50. The minimum absolute atomic E-state index is 0.0194. The second-order valence-electron chi connectivity index (χ2n) is 6.06. The number of rotatable bonds is 6. The normalized spacial score (nSPS) is 13.2. The first-order valence-electron chi connectivity index (χ1n) is 7.44. The molecule has 0 aliphatic rings. The third-order valence-corrected chi connectivity index (χ3v) is 6.80. The molecule has 5 nitrogen and oxygen atoms in total. The van der Waals surface area contributed by atoms with Crippen molar-refractivity contribution in [1.29, 1.82) is 0 Å². The lowest BCUT2D eigenvalue weighted by Gasteiger charge is -2.53. The van der Waals surface area contributed by atoms with Crippen LogP contribution in [0.15, 0.2) is 35.4 Å². The molecule has 0 amide bonds. The fourth-order valence-corrected chi connectivity index (χ4v) is 4.59. The van der Waals surface area contributed by atoms with Crippen molar-refractivity contribution in [1.82, 2.24) is 9.97 Å². The Morgan fingerprint density at radius 2 is 1.46 bits per heavy atom. The van der Waals surface area contributed by atoms with Crippen LogP contribution in [0, 0.1) is 0 Å². The number of nitrogens with one attached hydrogen (secondary N) is 1. The van der Waals surface area contributed by atoms with Gasteiger partial charge in [-0.15, -0.1) is 10.2 Å². The third kappa shape index (κ3) is 4.03. The van der Waals surface area contributed by atoms with Gasteiger partial charge in [0.25, 0.3) is 0 Å². The van der Waals surface area contributed by atoms with Gasteiger partial charge in [-0.05, 0) is 23.7 Å². The molecule has 1 heterocycles. The Balaban J connectivity index is 2.70. The maximum absolute atomic E-state index is 13.4. The summed E-state index contributed by atoms with van der Waals surface area (Å²) in [7, 11) is 34.8. The molecule has 0 spiro atoms. The van der Waals surface area contributed by atoms with E-state index < -0.39 is 29.6 Å². The van der Waals surface area contributed by atoms with Crippen LogP contribution in [0.4, 0.5) is 11.5 Å². The summed E-state index contributed by atoms with van der Waals surface area (Å²) in [5.41, 5.74) is -0.0255. The van der Waals surface area contributed by atoms with Crippen molar-refractivity contribution in [2.45, 2.75) is 19.8 Å². The zero-order chi connectivity index (χ0) is 21.5. The van der Waals surface area contributed by atoms with Gasteiger partial charge in [-0.25, -0.2) is 13.4 Å². The van der Waals surface area contributed by atoms with Crippen molar-refractivity contribution >= 4 is 99.5 Å². The van der Waals surface area contributed by atoms with Gasteiger partial charge in [-0.2, -0.15) is 4.98 Å². The maximum atomic E-state index is 13.4. The van der Waals surface area contributed by atoms with Gasteiger partial charge >= 0.3 is 0 Å². The zero-order valence-electron chi connectivity index (χ0n) is 14.3. The van der Waals surface area contributed by atoms with Gasteiger partial charge < -0.3 is 5.32 Å². The van der Waals surface area contributed by atoms with E-state index >= 15 is 0 Å². The molecule has 0 aliphatic carbocycles. The molecule has 0 saturated heterocycles. The number of aromatic nitrogens is 2. The molecule has 0 bridgehead atoms. The molecule has 15 heteroatoms. The van der Waals surface area contributed by atoms with Crippen molar-refractivity contribution in [2.24, 2.45) is 0 Å². The molecular weight excluding hydrogens is 409 g/mol. The summed E-state index contributed by atoms with van der Waals surface area (Å²) < 4.78 is 23.9. The van der Waals surface area contributed by atoms with Crippen LogP contribution in [0.5, 0.6) is 0 Å². The Morgan fingerprint density at radius 1 is 0.929 bits per heavy atom. The van der Waals surface area contributed by atoms with E-state index in [1.165, 1.54) is 30.5 Å². The summed E-state index contributed by atoms with van der Waals surface area (Å²) in [5.74, 6) is 0.0194. The first kappa shape index (κ1) is 23.4. The third-order valence-electron chi connectivity index (χ3n) is 3.85. The van der Waals surface area contributed by atoms with E-state index in [4.69, 9.17) is 78.1 Å². The van der Waals surface area contributed by atoms with Gasteiger partial charge in [0.15, 0.2) is 15.7 Å². The van der Waals surface area contributed by atoms with E-state index in [1.807, 2.05) is 0 Å². The van der Waals surface area contributed by atoms with Crippen LogP contribution in [0.3, 0.4) is 0 Å². The fourth-order valence-electron chi connectivity index (χ4n) is 2.38. The molecule has 0 fully saturated rings. The Bertz CT molecular complexity index is 982. The molecule has 0 aliphatic heterocycles. The van der Waals surface area contributed by atoms with Crippen LogP contribution < -0.4 is 5.32 Å². The minimum Gasteiger partial charge on any atom is -0.338 e. The maximum Gasteiger partial charge on any atom is 0.224 e. The van der Waals surface area contributed by atoms with E-state index in [2.05, 4.69) is 15.3 Å². The molecule has 14 radical (unpaired) electrons. The van der Waals surface area contributed by atoms with Crippen molar-refractivity contribution in [3.63, 3.8) is 0 Å². The zero-order valence-corrected chi connectivity index (χ0v) is 16.6. The van der Waals surface area contributed by atoms with Gasteiger partial charge in [0, 0.05) is 4.65 Å². The van der Waals surface area contributed by atoms with Crippen molar-refractivity contribution < 1.29 is 8.42 Å². The molecule has 1 aromatic heterocycles. The topological polar surface area (TPSA) is 72.0 Å². The molecule has 1 aromatic carbocycles. The van der Waals surface area contributed by atoms with Crippen molar-refractivity contribution in [3.8, 4) is 0 Å². The van der Waals surface area contributed by atoms with Gasteiger partial charge in [0.1, 0.15) is 5.02 Å².